The number of halogens is 3. The molecule has 6 rings (SSSR count). The van der Waals surface area contributed by atoms with Gasteiger partial charge in [-0.1, -0.05) is 19.1 Å². The summed E-state index contributed by atoms with van der Waals surface area (Å²) in [5, 5.41) is 0. The first-order valence-corrected chi connectivity index (χ1v) is 13.3. The van der Waals surface area contributed by atoms with E-state index in [1.54, 1.807) is 4.90 Å². The number of alkyl halides is 3. The molecule has 2 aromatic rings. The average Bonchev–Trinajstić information content (AvgIpc) is 3.66. The van der Waals surface area contributed by atoms with Crippen LogP contribution in [-0.2, 0) is 22.1 Å². The quantitative estimate of drug-likeness (QED) is 0.442. The molecule has 3 heterocycles. The number of esters is 1. The van der Waals surface area contributed by atoms with Crippen LogP contribution in [-0.4, -0.2) is 37.3 Å². The summed E-state index contributed by atoms with van der Waals surface area (Å²) in [7, 11) is 1.45. The van der Waals surface area contributed by atoms with Crippen LogP contribution in [0.2, 0.25) is 0 Å². The molecule has 0 N–H and O–H groups in total. The number of pyridine rings is 1. The molecule has 2 aliphatic heterocycles. The Balaban J connectivity index is 1.10. The Morgan fingerprint density at radius 2 is 1.95 bits per heavy atom. The maximum atomic E-state index is 13.4. The first-order chi connectivity index (χ1) is 17.7. The summed E-state index contributed by atoms with van der Waals surface area (Å²) >= 11 is 0. The molecule has 3 atom stereocenters. The highest BCUT2D eigenvalue weighted by molar-refractivity contribution is 5.73. The van der Waals surface area contributed by atoms with Crippen molar-refractivity contribution in [1.82, 2.24) is 4.98 Å². The zero-order chi connectivity index (χ0) is 25.9. The van der Waals surface area contributed by atoms with E-state index >= 15 is 0 Å². The molecule has 1 spiro atoms. The Morgan fingerprint density at radius 3 is 2.62 bits per heavy atom. The lowest BCUT2D eigenvalue weighted by molar-refractivity contribution is -0.145. The van der Waals surface area contributed by atoms with Crippen LogP contribution in [0.4, 0.5) is 19.0 Å². The Bertz CT molecular complexity index is 1180. The van der Waals surface area contributed by atoms with Crippen LogP contribution in [0, 0.1) is 23.2 Å². The highest BCUT2D eigenvalue weighted by Crippen LogP contribution is 2.56. The second kappa shape index (κ2) is 8.91. The molecule has 3 unspecified atom stereocenters. The van der Waals surface area contributed by atoms with Gasteiger partial charge in [-0.2, -0.15) is 13.2 Å². The van der Waals surface area contributed by atoms with Crippen molar-refractivity contribution in [2.75, 3.05) is 25.1 Å². The van der Waals surface area contributed by atoms with Gasteiger partial charge in [0.1, 0.15) is 17.7 Å². The van der Waals surface area contributed by atoms with Crippen molar-refractivity contribution in [3.05, 3.63) is 53.2 Å². The fraction of sp³-hybridized carbons (Fsp3) is 0.586. The van der Waals surface area contributed by atoms with Crippen LogP contribution in [0.3, 0.4) is 0 Å². The number of aromatic nitrogens is 1. The zero-order valence-electron chi connectivity index (χ0n) is 21.3. The third kappa shape index (κ3) is 4.46. The van der Waals surface area contributed by atoms with Crippen LogP contribution in [0.1, 0.15) is 61.6 Å². The molecule has 1 aromatic carbocycles. The highest BCUT2D eigenvalue weighted by atomic mass is 19.4. The van der Waals surface area contributed by atoms with E-state index < -0.39 is 11.7 Å². The van der Waals surface area contributed by atoms with Crippen molar-refractivity contribution >= 4 is 11.8 Å². The Morgan fingerprint density at radius 1 is 1.19 bits per heavy atom. The molecule has 4 aliphatic rings. The number of rotatable bonds is 6. The standard InChI is InChI=1S/C29H33F3N2O3/c1-17(27(35)36-2)25(19-6-7-19)20-8-5-18-9-10-23(37-24(18)12-20)21-13-28(14-21)15-34(16-28)26-22(29(30,31)32)4-3-11-33-26/h3-5,8,11-12,17,19,21,23,25H,6-7,9-10,13-16H2,1-2H3. The number of hydrogen-bond acceptors (Lipinski definition) is 5. The summed E-state index contributed by atoms with van der Waals surface area (Å²) < 4.78 is 51.8. The molecule has 37 heavy (non-hydrogen) atoms. The predicted octanol–water partition coefficient (Wildman–Crippen LogP) is 6.01. The molecule has 5 nitrogen and oxygen atoms in total. The van der Waals surface area contributed by atoms with E-state index in [0.717, 1.165) is 55.9 Å². The number of fused-ring (bicyclic) bond motifs is 1. The van der Waals surface area contributed by atoms with Gasteiger partial charge in [0.25, 0.3) is 0 Å². The molecular weight excluding hydrogens is 481 g/mol. The van der Waals surface area contributed by atoms with Gasteiger partial charge in [-0.15, -0.1) is 0 Å². The van der Waals surface area contributed by atoms with Gasteiger partial charge < -0.3 is 14.4 Å². The van der Waals surface area contributed by atoms with E-state index in [1.807, 2.05) is 6.92 Å². The minimum Gasteiger partial charge on any atom is -0.490 e. The molecule has 1 saturated heterocycles. The third-order valence-corrected chi connectivity index (χ3v) is 9.05. The topological polar surface area (TPSA) is 51.7 Å². The van der Waals surface area contributed by atoms with Crippen LogP contribution in [0.25, 0.3) is 0 Å². The number of methoxy groups -OCH3 is 1. The number of carbonyl (C=O) groups is 1. The summed E-state index contributed by atoms with van der Waals surface area (Å²) in [6.07, 6.45) is 3.29. The predicted molar refractivity (Wildman–Crippen MR) is 132 cm³/mol. The maximum absolute atomic E-state index is 13.4. The highest BCUT2D eigenvalue weighted by Gasteiger charge is 2.56. The molecule has 1 aromatic heterocycles. The molecule has 0 amide bonds. The lowest BCUT2D eigenvalue weighted by atomic mass is 9.55. The molecule has 2 saturated carbocycles. The fourth-order valence-electron chi connectivity index (χ4n) is 7.06. The van der Waals surface area contributed by atoms with Gasteiger partial charge >= 0.3 is 12.1 Å². The minimum absolute atomic E-state index is 0.0471. The largest absolute Gasteiger partial charge is 0.490 e. The van der Waals surface area contributed by atoms with Gasteiger partial charge in [-0.3, -0.25) is 4.79 Å². The number of carbonyl (C=O) groups excluding carboxylic acids is 1. The molecule has 198 valence electrons. The summed E-state index contributed by atoms with van der Waals surface area (Å²) in [4.78, 5) is 18.1. The summed E-state index contributed by atoms with van der Waals surface area (Å²) in [5.74, 6) is 1.68. The normalized spacial score (nSPS) is 24.4. The first-order valence-electron chi connectivity index (χ1n) is 13.3. The van der Waals surface area contributed by atoms with Crippen molar-refractivity contribution in [2.24, 2.45) is 23.2 Å². The molecule has 0 radical (unpaired) electrons. The van der Waals surface area contributed by atoms with E-state index in [2.05, 4.69) is 23.2 Å². The number of aryl methyl sites for hydroxylation is 1. The minimum atomic E-state index is -4.40. The number of anilines is 1. The smallest absolute Gasteiger partial charge is 0.419 e. The van der Waals surface area contributed by atoms with Gasteiger partial charge in [-0.25, -0.2) is 4.98 Å². The van der Waals surface area contributed by atoms with Crippen molar-refractivity contribution in [2.45, 2.75) is 63.6 Å². The fourth-order valence-corrected chi connectivity index (χ4v) is 7.06. The Kier molecular flexibility index (Phi) is 5.92. The van der Waals surface area contributed by atoms with E-state index in [9.17, 15) is 18.0 Å². The summed E-state index contributed by atoms with van der Waals surface area (Å²) in [5.41, 5.74) is 1.77. The first kappa shape index (κ1) is 24.6. The Labute approximate surface area is 215 Å². The zero-order valence-corrected chi connectivity index (χ0v) is 21.3. The second-order valence-electron chi connectivity index (χ2n) is 11.6. The van der Waals surface area contributed by atoms with E-state index in [-0.39, 0.29) is 35.1 Å². The van der Waals surface area contributed by atoms with E-state index in [1.165, 1.54) is 24.9 Å². The number of ether oxygens (including phenoxy) is 2. The van der Waals surface area contributed by atoms with Crippen LogP contribution >= 0.6 is 0 Å². The number of hydrogen-bond donors (Lipinski definition) is 0. The third-order valence-electron chi connectivity index (χ3n) is 9.05. The van der Waals surface area contributed by atoms with E-state index in [4.69, 9.17) is 9.47 Å². The van der Waals surface area contributed by atoms with Crippen LogP contribution in [0.15, 0.2) is 36.5 Å². The molecular formula is C29H33F3N2O3. The van der Waals surface area contributed by atoms with Gasteiger partial charge in [-0.05, 0) is 85.6 Å². The SMILES string of the molecule is COC(=O)C(C)C(c1ccc2c(c1)OC(C1CC3(C1)CN(c1ncccc1C(F)(F)F)C3)CC2)C1CC1. The number of benzene rings is 1. The van der Waals surface area contributed by atoms with Gasteiger partial charge in [0.2, 0.25) is 0 Å². The van der Waals surface area contributed by atoms with Crippen LogP contribution in [0.5, 0.6) is 5.75 Å². The van der Waals surface area contributed by atoms with Crippen molar-refractivity contribution in [1.29, 1.82) is 0 Å². The summed E-state index contributed by atoms with van der Waals surface area (Å²) in [6.45, 7) is 3.19. The van der Waals surface area contributed by atoms with Gasteiger partial charge in [0.15, 0.2) is 0 Å². The van der Waals surface area contributed by atoms with Crippen molar-refractivity contribution < 1.29 is 27.4 Å². The monoisotopic (exact) mass is 514 g/mol. The molecule has 0 bridgehead atoms. The molecule has 2 aliphatic carbocycles. The van der Waals surface area contributed by atoms with Gasteiger partial charge in [0, 0.05) is 24.7 Å². The summed E-state index contributed by atoms with van der Waals surface area (Å²) in [6, 6.07) is 8.89. The Hall–Kier alpha value is -2.77. The maximum Gasteiger partial charge on any atom is 0.419 e. The molecule has 8 heteroatoms. The van der Waals surface area contributed by atoms with E-state index in [0.29, 0.717) is 24.9 Å². The van der Waals surface area contributed by atoms with Crippen LogP contribution < -0.4 is 9.64 Å². The number of nitrogens with zero attached hydrogens (tertiary/aromatic N) is 2. The molecule has 3 fully saturated rings. The lowest BCUT2D eigenvalue weighted by Crippen LogP contribution is -2.64. The average molecular weight is 515 g/mol. The lowest BCUT2D eigenvalue weighted by Gasteiger charge is -2.61. The van der Waals surface area contributed by atoms with Crippen molar-refractivity contribution in [3.63, 3.8) is 0 Å². The van der Waals surface area contributed by atoms with Crippen molar-refractivity contribution in [3.8, 4) is 5.75 Å². The van der Waals surface area contributed by atoms with Gasteiger partial charge in [0.05, 0.1) is 18.6 Å². The second-order valence-corrected chi connectivity index (χ2v) is 11.6.